The number of nitrogens with zero attached hydrogens (tertiary/aromatic N) is 2. The van der Waals surface area contributed by atoms with Crippen molar-refractivity contribution in [3.63, 3.8) is 0 Å². The molecule has 1 aliphatic rings. The third kappa shape index (κ3) is 3.59. The van der Waals surface area contributed by atoms with Gasteiger partial charge in [-0.05, 0) is 44.8 Å². The van der Waals surface area contributed by atoms with Crippen LogP contribution in [0.5, 0.6) is 5.75 Å². The number of amides is 1. The lowest BCUT2D eigenvalue weighted by Gasteiger charge is -2.27. The first-order chi connectivity index (χ1) is 11.4. The largest absolute Gasteiger partial charge is 0.508 e. The van der Waals surface area contributed by atoms with Crippen LogP contribution in [0.4, 0.5) is 0 Å². The fourth-order valence-electron chi connectivity index (χ4n) is 2.92. The smallest absolute Gasteiger partial charge is 0.290 e. The molecule has 6 nitrogen and oxygen atoms in total. The summed E-state index contributed by atoms with van der Waals surface area (Å²) < 4.78 is 0. The minimum atomic E-state index is -0.604. The van der Waals surface area contributed by atoms with Gasteiger partial charge in [0, 0.05) is 13.0 Å². The van der Waals surface area contributed by atoms with Crippen LogP contribution in [-0.4, -0.2) is 58.9 Å². The lowest BCUT2D eigenvalue weighted by molar-refractivity contribution is -0.129. The molecule has 0 aliphatic carbocycles. The lowest BCUT2D eigenvalue weighted by Crippen LogP contribution is -2.33. The number of hydrogen-bond acceptors (Lipinski definition) is 5. The quantitative estimate of drug-likeness (QED) is 0.798. The summed E-state index contributed by atoms with van der Waals surface area (Å²) in [5, 5.41) is 19.7. The van der Waals surface area contributed by atoms with Crippen molar-refractivity contribution < 1.29 is 19.8 Å². The van der Waals surface area contributed by atoms with Crippen molar-refractivity contribution in [3.8, 4) is 5.75 Å². The Morgan fingerprint density at radius 2 is 1.83 bits per heavy atom. The van der Waals surface area contributed by atoms with Crippen LogP contribution in [0.1, 0.15) is 31.4 Å². The van der Waals surface area contributed by atoms with E-state index in [1.54, 1.807) is 19.1 Å². The molecule has 1 unspecified atom stereocenters. The molecule has 1 aromatic carbocycles. The molecule has 1 aromatic rings. The monoisotopic (exact) mass is 332 g/mol. The zero-order valence-corrected chi connectivity index (χ0v) is 14.3. The zero-order valence-electron chi connectivity index (χ0n) is 14.3. The highest BCUT2D eigenvalue weighted by Gasteiger charge is 2.42. The molecule has 0 saturated heterocycles. The van der Waals surface area contributed by atoms with E-state index in [4.69, 9.17) is 0 Å². The molecule has 1 amide bonds. The van der Waals surface area contributed by atoms with E-state index in [-0.39, 0.29) is 23.5 Å². The van der Waals surface area contributed by atoms with Crippen LogP contribution < -0.4 is 0 Å². The number of phenolic OH excluding ortho intramolecular Hbond substituents is 1. The fourth-order valence-corrected chi connectivity index (χ4v) is 2.92. The van der Waals surface area contributed by atoms with Gasteiger partial charge < -0.3 is 20.0 Å². The topological polar surface area (TPSA) is 81.1 Å². The number of Topliss-reactive ketones (excluding diaryl/α,β-unsaturated/α-hetero) is 1. The molecular formula is C18H24N2O4. The Balaban J connectivity index is 2.37. The number of aliphatic hydroxyl groups excluding tert-OH is 1. The van der Waals surface area contributed by atoms with Gasteiger partial charge in [-0.3, -0.25) is 9.59 Å². The molecule has 0 fully saturated rings. The summed E-state index contributed by atoms with van der Waals surface area (Å²) >= 11 is 0. The molecule has 6 heteroatoms. The summed E-state index contributed by atoms with van der Waals surface area (Å²) in [5.41, 5.74) is 0.852. The van der Waals surface area contributed by atoms with Crippen molar-refractivity contribution in [2.45, 2.75) is 25.8 Å². The van der Waals surface area contributed by atoms with Gasteiger partial charge in [-0.25, -0.2) is 0 Å². The fraction of sp³-hybridized carbons (Fsp3) is 0.444. The Morgan fingerprint density at radius 3 is 2.38 bits per heavy atom. The van der Waals surface area contributed by atoms with E-state index in [0.717, 1.165) is 13.0 Å². The number of carbonyl (C=O) groups excluding carboxylic acids is 2. The highest BCUT2D eigenvalue weighted by atomic mass is 16.3. The highest BCUT2D eigenvalue weighted by Crippen LogP contribution is 2.38. The van der Waals surface area contributed by atoms with Gasteiger partial charge in [0.15, 0.2) is 11.5 Å². The molecule has 0 radical (unpaired) electrons. The van der Waals surface area contributed by atoms with Crippen LogP contribution in [0.2, 0.25) is 0 Å². The van der Waals surface area contributed by atoms with Crippen molar-refractivity contribution in [3.05, 3.63) is 41.2 Å². The van der Waals surface area contributed by atoms with E-state index >= 15 is 0 Å². The molecule has 0 saturated carbocycles. The number of carbonyl (C=O) groups is 2. The second-order valence-electron chi connectivity index (χ2n) is 6.19. The maximum Gasteiger partial charge on any atom is 0.290 e. The van der Waals surface area contributed by atoms with E-state index in [0.29, 0.717) is 12.1 Å². The van der Waals surface area contributed by atoms with E-state index in [1.165, 1.54) is 17.0 Å². The Hall–Kier alpha value is -2.34. The summed E-state index contributed by atoms with van der Waals surface area (Å²) in [6.07, 6.45) is 0.945. The first-order valence-electron chi connectivity index (χ1n) is 8.07. The van der Waals surface area contributed by atoms with Crippen LogP contribution in [0.15, 0.2) is 35.6 Å². The Morgan fingerprint density at radius 1 is 1.21 bits per heavy atom. The second kappa shape index (κ2) is 7.49. The summed E-state index contributed by atoms with van der Waals surface area (Å²) in [7, 11) is 3.90. The van der Waals surface area contributed by atoms with Gasteiger partial charge in [0.25, 0.3) is 5.91 Å². The second-order valence-corrected chi connectivity index (χ2v) is 6.19. The number of hydrogen-bond donors (Lipinski definition) is 2. The number of benzene rings is 1. The van der Waals surface area contributed by atoms with Gasteiger partial charge >= 0.3 is 0 Å². The van der Waals surface area contributed by atoms with Crippen molar-refractivity contribution in [1.29, 1.82) is 0 Å². The average Bonchev–Trinajstić information content (AvgIpc) is 2.79. The molecule has 2 rings (SSSR count). The minimum absolute atomic E-state index is 0.110. The van der Waals surface area contributed by atoms with Gasteiger partial charge in [-0.1, -0.05) is 19.1 Å². The standard InChI is InChI=1S/C18H24N2O4/c1-4-14(22)15-16(12-6-8-13(21)9-7-12)20(18(24)17(15)23)11-5-10-19(2)3/h6-9,16,21,23H,4-5,10-11H2,1-3H3. The first-order valence-corrected chi connectivity index (χ1v) is 8.07. The number of aliphatic hydroxyl groups is 1. The van der Waals surface area contributed by atoms with Gasteiger partial charge in [-0.2, -0.15) is 0 Å². The van der Waals surface area contributed by atoms with Gasteiger partial charge in [0.1, 0.15) is 5.75 Å². The Bertz CT molecular complexity index is 649. The number of ketones is 1. The van der Waals surface area contributed by atoms with Crippen LogP contribution in [-0.2, 0) is 9.59 Å². The molecule has 1 heterocycles. The van der Waals surface area contributed by atoms with Crippen molar-refractivity contribution in [1.82, 2.24) is 9.80 Å². The van der Waals surface area contributed by atoms with Crippen LogP contribution >= 0.6 is 0 Å². The number of rotatable bonds is 7. The van der Waals surface area contributed by atoms with Crippen LogP contribution in [0, 0.1) is 0 Å². The van der Waals surface area contributed by atoms with E-state index in [9.17, 15) is 19.8 Å². The van der Waals surface area contributed by atoms with Crippen molar-refractivity contribution in [2.75, 3.05) is 27.2 Å². The first kappa shape index (κ1) is 18.0. The Kier molecular flexibility index (Phi) is 5.62. The molecule has 1 aliphatic heterocycles. The van der Waals surface area contributed by atoms with Crippen molar-refractivity contribution >= 4 is 11.7 Å². The molecule has 130 valence electrons. The number of phenols is 1. The summed E-state index contributed by atoms with van der Waals surface area (Å²) in [6.45, 7) is 2.94. The van der Waals surface area contributed by atoms with E-state index < -0.39 is 17.7 Å². The predicted octanol–water partition coefficient (Wildman–Crippen LogP) is 2.02. The maximum absolute atomic E-state index is 12.5. The molecule has 0 bridgehead atoms. The van der Waals surface area contributed by atoms with Crippen molar-refractivity contribution in [2.24, 2.45) is 0 Å². The third-order valence-corrected chi connectivity index (χ3v) is 4.14. The summed E-state index contributed by atoms with van der Waals surface area (Å²) in [5.74, 6) is -1.10. The highest BCUT2D eigenvalue weighted by molar-refractivity contribution is 6.08. The molecule has 1 atom stereocenters. The predicted molar refractivity (Wildman–Crippen MR) is 90.7 cm³/mol. The normalized spacial score (nSPS) is 17.9. The van der Waals surface area contributed by atoms with E-state index in [2.05, 4.69) is 0 Å². The van der Waals surface area contributed by atoms with Crippen LogP contribution in [0.25, 0.3) is 0 Å². The average molecular weight is 332 g/mol. The third-order valence-electron chi connectivity index (χ3n) is 4.14. The van der Waals surface area contributed by atoms with Crippen LogP contribution in [0.3, 0.4) is 0 Å². The zero-order chi connectivity index (χ0) is 17.9. The number of aromatic hydroxyl groups is 1. The van der Waals surface area contributed by atoms with Gasteiger partial charge in [0.05, 0.1) is 11.6 Å². The van der Waals surface area contributed by atoms with Gasteiger partial charge in [0.2, 0.25) is 0 Å². The SMILES string of the molecule is CCC(=O)C1=C(O)C(=O)N(CCCN(C)C)C1c1ccc(O)cc1. The maximum atomic E-state index is 12.5. The molecule has 0 aromatic heterocycles. The van der Waals surface area contributed by atoms with Gasteiger partial charge in [-0.15, -0.1) is 0 Å². The summed E-state index contributed by atoms with van der Waals surface area (Å²) in [4.78, 5) is 28.3. The molecular weight excluding hydrogens is 308 g/mol. The lowest BCUT2D eigenvalue weighted by atomic mass is 9.95. The summed E-state index contributed by atoms with van der Waals surface area (Å²) in [6, 6.07) is 5.77. The molecule has 24 heavy (non-hydrogen) atoms. The Labute approximate surface area is 142 Å². The minimum Gasteiger partial charge on any atom is -0.508 e. The molecule has 2 N–H and O–H groups in total. The van der Waals surface area contributed by atoms with E-state index in [1.807, 2.05) is 19.0 Å². The molecule has 0 spiro atoms.